The van der Waals surface area contributed by atoms with Crippen LogP contribution in [0.15, 0.2) is 30.3 Å². The summed E-state index contributed by atoms with van der Waals surface area (Å²) >= 11 is 0. The van der Waals surface area contributed by atoms with Gasteiger partial charge in [0.05, 0.1) is 11.4 Å². The Kier molecular flexibility index (Phi) is 4.47. The monoisotopic (exact) mass is 244 g/mol. The van der Waals surface area contributed by atoms with Crippen molar-refractivity contribution in [2.45, 2.75) is 39.3 Å². The Labute approximate surface area is 108 Å². The molecule has 18 heavy (non-hydrogen) atoms. The van der Waals surface area contributed by atoms with Crippen LogP contribution in [0.5, 0.6) is 0 Å². The maximum atomic E-state index is 5.71. The van der Waals surface area contributed by atoms with Gasteiger partial charge in [-0.25, -0.2) is 4.68 Å². The lowest BCUT2D eigenvalue weighted by Crippen LogP contribution is -2.09. The van der Waals surface area contributed by atoms with Crippen LogP contribution in [0.2, 0.25) is 0 Å². The highest BCUT2D eigenvalue weighted by Crippen LogP contribution is 2.11. The second-order valence-corrected chi connectivity index (χ2v) is 4.40. The smallest absolute Gasteiger partial charge is 0.0994 e. The van der Waals surface area contributed by atoms with Gasteiger partial charge in [0.2, 0.25) is 0 Å². The molecule has 0 unspecified atom stereocenters. The molecule has 0 saturated heterocycles. The first kappa shape index (κ1) is 12.8. The van der Waals surface area contributed by atoms with Gasteiger partial charge in [-0.2, -0.15) is 0 Å². The molecule has 1 aromatic heterocycles. The Balaban J connectivity index is 2.10. The second kappa shape index (κ2) is 6.31. The average Bonchev–Trinajstić information content (AvgIpc) is 2.80. The molecular formula is C14H20N4. The molecule has 2 N–H and O–H groups in total. The zero-order chi connectivity index (χ0) is 12.8. The number of hydrogen-bond acceptors (Lipinski definition) is 3. The van der Waals surface area contributed by atoms with Gasteiger partial charge in [-0.15, -0.1) is 5.10 Å². The van der Waals surface area contributed by atoms with Crippen molar-refractivity contribution < 1.29 is 0 Å². The van der Waals surface area contributed by atoms with Crippen LogP contribution < -0.4 is 5.73 Å². The quantitative estimate of drug-likeness (QED) is 0.844. The normalized spacial score (nSPS) is 10.8. The molecule has 2 rings (SSSR count). The molecule has 0 spiro atoms. The Morgan fingerprint density at radius 1 is 1.17 bits per heavy atom. The van der Waals surface area contributed by atoms with Crippen molar-refractivity contribution in [1.82, 2.24) is 15.0 Å². The minimum atomic E-state index is 0.466. The molecule has 0 amide bonds. The molecule has 4 heteroatoms. The van der Waals surface area contributed by atoms with Crippen molar-refractivity contribution >= 4 is 0 Å². The van der Waals surface area contributed by atoms with E-state index in [0.29, 0.717) is 6.54 Å². The largest absolute Gasteiger partial charge is 0.325 e. The molecule has 0 radical (unpaired) electrons. The standard InChI is InChI=1S/C14H20N4/c1-2-10-18-14(13(11-15)16-17-18)9-8-12-6-4-3-5-7-12/h3-7H,2,8-11,15H2,1H3. The predicted molar refractivity (Wildman–Crippen MR) is 72.1 cm³/mol. The highest BCUT2D eigenvalue weighted by atomic mass is 15.4. The van der Waals surface area contributed by atoms with Crippen LogP contribution in [0.3, 0.4) is 0 Å². The average molecular weight is 244 g/mol. The summed E-state index contributed by atoms with van der Waals surface area (Å²) in [6, 6.07) is 10.5. The van der Waals surface area contributed by atoms with E-state index >= 15 is 0 Å². The number of aromatic nitrogens is 3. The molecule has 2 aromatic rings. The van der Waals surface area contributed by atoms with E-state index in [4.69, 9.17) is 5.73 Å². The van der Waals surface area contributed by atoms with E-state index in [1.54, 1.807) is 0 Å². The molecule has 0 saturated carbocycles. The Morgan fingerprint density at radius 3 is 2.61 bits per heavy atom. The lowest BCUT2D eigenvalue weighted by atomic mass is 10.1. The van der Waals surface area contributed by atoms with Crippen LogP contribution in [0, 0.1) is 0 Å². The zero-order valence-corrected chi connectivity index (χ0v) is 10.8. The number of nitrogens with zero attached hydrogens (tertiary/aromatic N) is 3. The first-order valence-electron chi connectivity index (χ1n) is 6.50. The lowest BCUT2D eigenvalue weighted by Gasteiger charge is -2.06. The Bertz CT molecular complexity index is 476. The molecule has 0 aliphatic rings. The van der Waals surface area contributed by atoms with E-state index in [1.165, 1.54) is 11.3 Å². The fraction of sp³-hybridized carbons (Fsp3) is 0.429. The summed E-state index contributed by atoms with van der Waals surface area (Å²) < 4.78 is 1.99. The number of nitrogens with two attached hydrogens (primary N) is 1. The van der Waals surface area contributed by atoms with Crippen LogP contribution >= 0.6 is 0 Å². The summed E-state index contributed by atoms with van der Waals surface area (Å²) in [7, 11) is 0. The van der Waals surface area contributed by atoms with E-state index in [2.05, 4.69) is 41.5 Å². The summed E-state index contributed by atoms with van der Waals surface area (Å²) in [6.45, 7) is 3.52. The van der Waals surface area contributed by atoms with Crippen molar-refractivity contribution in [3.05, 3.63) is 47.3 Å². The SMILES string of the molecule is CCCn1nnc(CN)c1CCc1ccccc1. The van der Waals surface area contributed by atoms with Crippen molar-refractivity contribution in [3.63, 3.8) is 0 Å². The predicted octanol–water partition coefficient (Wildman–Crippen LogP) is 1.93. The lowest BCUT2D eigenvalue weighted by molar-refractivity contribution is 0.553. The topological polar surface area (TPSA) is 56.7 Å². The Morgan fingerprint density at radius 2 is 1.94 bits per heavy atom. The second-order valence-electron chi connectivity index (χ2n) is 4.40. The highest BCUT2D eigenvalue weighted by Gasteiger charge is 2.10. The van der Waals surface area contributed by atoms with Crippen LogP contribution in [-0.4, -0.2) is 15.0 Å². The molecular weight excluding hydrogens is 224 g/mol. The number of hydrogen-bond donors (Lipinski definition) is 1. The van der Waals surface area contributed by atoms with Crippen LogP contribution in [-0.2, 0) is 25.9 Å². The van der Waals surface area contributed by atoms with Crippen molar-refractivity contribution in [2.24, 2.45) is 5.73 Å². The molecule has 0 bridgehead atoms. The number of aryl methyl sites for hydroxylation is 2. The maximum Gasteiger partial charge on any atom is 0.0994 e. The summed E-state index contributed by atoms with van der Waals surface area (Å²) in [5.74, 6) is 0. The van der Waals surface area contributed by atoms with Gasteiger partial charge in [0, 0.05) is 13.1 Å². The fourth-order valence-corrected chi connectivity index (χ4v) is 2.10. The van der Waals surface area contributed by atoms with Crippen molar-refractivity contribution in [1.29, 1.82) is 0 Å². The van der Waals surface area contributed by atoms with Crippen LogP contribution in [0.4, 0.5) is 0 Å². The third kappa shape index (κ3) is 2.96. The van der Waals surface area contributed by atoms with E-state index < -0.39 is 0 Å². The Hall–Kier alpha value is -1.68. The first-order chi connectivity index (χ1) is 8.85. The summed E-state index contributed by atoms with van der Waals surface area (Å²) in [6.07, 6.45) is 3.01. The van der Waals surface area contributed by atoms with Crippen LogP contribution in [0.25, 0.3) is 0 Å². The van der Waals surface area contributed by atoms with Crippen molar-refractivity contribution in [2.75, 3.05) is 0 Å². The van der Waals surface area contributed by atoms with Gasteiger partial charge in [0.25, 0.3) is 0 Å². The summed E-state index contributed by atoms with van der Waals surface area (Å²) in [5.41, 5.74) is 9.16. The number of rotatable bonds is 6. The van der Waals surface area contributed by atoms with E-state index in [9.17, 15) is 0 Å². The molecule has 0 aliphatic carbocycles. The fourth-order valence-electron chi connectivity index (χ4n) is 2.10. The first-order valence-corrected chi connectivity index (χ1v) is 6.50. The van der Waals surface area contributed by atoms with Gasteiger partial charge in [-0.1, -0.05) is 42.5 Å². The highest BCUT2D eigenvalue weighted by molar-refractivity contribution is 5.18. The van der Waals surface area contributed by atoms with Crippen LogP contribution in [0.1, 0.15) is 30.3 Å². The van der Waals surface area contributed by atoms with E-state index in [0.717, 1.165) is 31.5 Å². The third-order valence-corrected chi connectivity index (χ3v) is 3.04. The van der Waals surface area contributed by atoms with E-state index in [1.807, 2.05) is 10.7 Å². The van der Waals surface area contributed by atoms with Gasteiger partial charge < -0.3 is 5.73 Å². The van der Waals surface area contributed by atoms with Gasteiger partial charge >= 0.3 is 0 Å². The molecule has 1 aromatic carbocycles. The van der Waals surface area contributed by atoms with Gasteiger partial charge in [-0.3, -0.25) is 0 Å². The molecule has 4 nitrogen and oxygen atoms in total. The third-order valence-electron chi connectivity index (χ3n) is 3.04. The molecule has 0 fully saturated rings. The zero-order valence-electron chi connectivity index (χ0n) is 10.8. The van der Waals surface area contributed by atoms with E-state index in [-0.39, 0.29) is 0 Å². The molecule has 0 atom stereocenters. The maximum absolute atomic E-state index is 5.71. The minimum Gasteiger partial charge on any atom is -0.325 e. The summed E-state index contributed by atoms with van der Waals surface area (Å²) in [5, 5.41) is 8.33. The van der Waals surface area contributed by atoms with Crippen molar-refractivity contribution in [3.8, 4) is 0 Å². The molecule has 1 heterocycles. The number of benzene rings is 1. The van der Waals surface area contributed by atoms with Gasteiger partial charge in [0.15, 0.2) is 0 Å². The molecule has 0 aliphatic heterocycles. The van der Waals surface area contributed by atoms with Gasteiger partial charge in [-0.05, 0) is 24.8 Å². The molecule has 96 valence electrons. The minimum absolute atomic E-state index is 0.466. The van der Waals surface area contributed by atoms with Gasteiger partial charge in [0.1, 0.15) is 0 Å². The summed E-state index contributed by atoms with van der Waals surface area (Å²) in [4.78, 5) is 0.